The third kappa shape index (κ3) is 2.48. The topological polar surface area (TPSA) is 59.7 Å². The van der Waals surface area contributed by atoms with E-state index in [1.54, 1.807) is 25.1 Å². The Labute approximate surface area is 121 Å². The Kier molecular flexibility index (Phi) is 3.14. The number of aromatic carboxylic acids is 1. The average Bonchev–Trinajstić information content (AvgIpc) is 2.76. The van der Waals surface area contributed by atoms with Crippen LogP contribution in [0.4, 0.5) is 0 Å². The van der Waals surface area contributed by atoms with Gasteiger partial charge in [-0.3, -0.25) is 0 Å². The summed E-state index contributed by atoms with van der Waals surface area (Å²) in [5, 5.41) is 9.81. The Morgan fingerprint density at radius 1 is 1.05 bits per heavy atom. The molecular formula is C17H14O4. The molecule has 0 amide bonds. The van der Waals surface area contributed by atoms with Crippen molar-refractivity contribution in [2.75, 3.05) is 0 Å². The molecule has 4 nitrogen and oxygen atoms in total. The van der Waals surface area contributed by atoms with Crippen molar-refractivity contribution in [1.82, 2.24) is 0 Å². The van der Waals surface area contributed by atoms with Crippen LogP contribution in [0.5, 0.6) is 11.5 Å². The van der Waals surface area contributed by atoms with Crippen LogP contribution in [0.25, 0.3) is 11.0 Å². The largest absolute Gasteiger partial charge is 0.478 e. The molecule has 106 valence electrons. The average molecular weight is 282 g/mol. The first kappa shape index (κ1) is 13.2. The Balaban J connectivity index is 2.02. The lowest BCUT2D eigenvalue weighted by Crippen LogP contribution is -1.96. The van der Waals surface area contributed by atoms with Crippen LogP contribution in [0.15, 0.2) is 46.9 Å². The van der Waals surface area contributed by atoms with Crippen LogP contribution in [0.3, 0.4) is 0 Å². The van der Waals surface area contributed by atoms with E-state index >= 15 is 0 Å². The summed E-state index contributed by atoms with van der Waals surface area (Å²) >= 11 is 0. The first-order valence-corrected chi connectivity index (χ1v) is 6.55. The number of fused-ring (bicyclic) bond motifs is 1. The van der Waals surface area contributed by atoms with Crippen molar-refractivity contribution in [2.45, 2.75) is 13.8 Å². The van der Waals surface area contributed by atoms with Crippen LogP contribution in [0.2, 0.25) is 0 Å². The van der Waals surface area contributed by atoms with E-state index in [1.807, 2.05) is 31.2 Å². The normalized spacial score (nSPS) is 10.8. The molecule has 0 unspecified atom stereocenters. The van der Waals surface area contributed by atoms with E-state index in [1.165, 1.54) is 0 Å². The maximum absolute atomic E-state index is 11.3. The highest BCUT2D eigenvalue weighted by Gasteiger charge is 2.17. The van der Waals surface area contributed by atoms with Gasteiger partial charge in [0.05, 0.1) is 0 Å². The molecule has 0 bridgehead atoms. The van der Waals surface area contributed by atoms with E-state index in [2.05, 4.69) is 0 Å². The zero-order valence-electron chi connectivity index (χ0n) is 11.7. The molecule has 3 aromatic rings. The minimum atomic E-state index is -1.00. The number of aryl methyl sites for hydroxylation is 2. The van der Waals surface area contributed by atoms with Crippen molar-refractivity contribution >= 4 is 16.9 Å². The number of carboxylic acids is 1. The van der Waals surface area contributed by atoms with E-state index in [4.69, 9.17) is 9.15 Å². The Bertz CT molecular complexity index is 813. The summed E-state index contributed by atoms with van der Waals surface area (Å²) in [6.45, 7) is 3.65. The molecule has 0 radical (unpaired) electrons. The van der Waals surface area contributed by atoms with Gasteiger partial charge in [0.1, 0.15) is 28.4 Å². The summed E-state index contributed by atoms with van der Waals surface area (Å²) in [7, 11) is 0. The Morgan fingerprint density at radius 2 is 1.71 bits per heavy atom. The second-order valence-corrected chi connectivity index (χ2v) is 4.91. The molecule has 1 N–H and O–H groups in total. The van der Waals surface area contributed by atoms with Gasteiger partial charge in [0.15, 0.2) is 0 Å². The van der Waals surface area contributed by atoms with Gasteiger partial charge >= 0.3 is 5.97 Å². The lowest BCUT2D eigenvalue weighted by Gasteiger charge is -2.06. The molecule has 0 atom stereocenters. The summed E-state index contributed by atoms with van der Waals surface area (Å²) in [5.41, 5.74) is 1.87. The molecule has 0 aliphatic rings. The molecule has 0 aliphatic carbocycles. The van der Waals surface area contributed by atoms with Crippen molar-refractivity contribution in [3.8, 4) is 11.5 Å². The van der Waals surface area contributed by atoms with E-state index in [0.717, 1.165) is 5.56 Å². The predicted molar refractivity (Wildman–Crippen MR) is 79.2 cm³/mol. The van der Waals surface area contributed by atoms with Gasteiger partial charge in [0.25, 0.3) is 0 Å². The van der Waals surface area contributed by atoms with Crippen LogP contribution in [0.1, 0.15) is 21.7 Å². The molecule has 2 aromatic carbocycles. The highest BCUT2D eigenvalue weighted by atomic mass is 16.5. The van der Waals surface area contributed by atoms with Crippen molar-refractivity contribution < 1.29 is 19.1 Å². The van der Waals surface area contributed by atoms with Gasteiger partial charge in [0.2, 0.25) is 0 Å². The molecule has 3 rings (SSSR count). The fraction of sp³-hybridized carbons (Fsp3) is 0.118. The molecule has 0 saturated carbocycles. The van der Waals surface area contributed by atoms with Crippen LogP contribution in [-0.4, -0.2) is 11.1 Å². The van der Waals surface area contributed by atoms with E-state index < -0.39 is 5.97 Å². The van der Waals surface area contributed by atoms with Crippen LogP contribution < -0.4 is 4.74 Å². The quantitative estimate of drug-likeness (QED) is 0.766. The number of hydrogen-bond acceptors (Lipinski definition) is 3. The van der Waals surface area contributed by atoms with Gasteiger partial charge in [-0.2, -0.15) is 0 Å². The maximum atomic E-state index is 11.3. The smallest absolute Gasteiger partial charge is 0.339 e. The number of carboxylic acid groups (broad SMARTS) is 1. The van der Waals surface area contributed by atoms with E-state index in [9.17, 15) is 9.90 Å². The second-order valence-electron chi connectivity index (χ2n) is 4.91. The van der Waals surface area contributed by atoms with Crippen LogP contribution in [0, 0.1) is 13.8 Å². The summed E-state index contributed by atoms with van der Waals surface area (Å²) in [4.78, 5) is 11.3. The van der Waals surface area contributed by atoms with Crippen molar-refractivity contribution in [3.05, 3.63) is 59.4 Å². The molecule has 1 heterocycles. The molecule has 1 aromatic heterocycles. The number of rotatable bonds is 3. The van der Waals surface area contributed by atoms with Crippen molar-refractivity contribution in [3.63, 3.8) is 0 Å². The molecule has 21 heavy (non-hydrogen) atoms. The number of carbonyl (C=O) groups is 1. The highest BCUT2D eigenvalue weighted by Crippen LogP contribution is 2.31. The van der Waals surface area contributed by atoms with Gasteiger partial charge < -0.3 is 14.3 Å². The first-order chi connectivity index (χ1) is 10.0. The molecule has 0 aliphatic heterocycles. The molecule has 0 fully saturated rings. The Hall–Kier alpha value is -2.75. The van der Waals surface area contributed by atoms with E-state index in [-0.39, 0.29) is 5.56 Å². The third-order valence-corrected chi connectivity index (χ3v) is 3.31. The van der Waals surface area contributed by atoms with Crippen molar-refractivity contribution in [1.29, 1.82) is 0 Å². The zero-order chi connectivity index (χ0) is 15.0. The van der Waals surface area contributed by atoms with Crippen LogP contribution >= 0.6 is 0 Å². The number of furan rings is 1. The fourth-order valence-electron chi connectivity index (χ4n) is 2.27. The van der Waals surface area contributed by atoms with Gasteiger partial charge in [0, 0.05) is 5.39 Å². The van der Waals surface area contributed by atoms with Gasteiger partial charge in [-0.15, -0.1) is 0 Å². The highest BCUT2D eigenvalue weighted by molar-refractivity contribution is 6.03. The lowest BCUT2D eigenvalue weighted by molar-refractivity contribution is 0.0697. The first-order valence-electron chi connectivity index (χ1n) is 6.55. The third-order valence-electron chi connectivity index (χ3n) is 3.31. The number of benzene rings is 2. The van der Waals surface area contributed by atoms with Crippen LogP contribution in [-0.2, 0) is 0 Å². The molecule has 4 heteroatoms. The number of ether oxygens (including phenoxy) is 1. The molecular weight excluding hydrogens is 268 g/mol. The predicted octanol–water partition coefficient (Wildman–Crippen LogP) is 4.54. The minimum Gasteiger partial charge on any atom is -0.478 e. The van der Waals surface area contributed by atoms with Gasteiger partial charge in [-0.25, -0.2) is 4.79 Å². The zero-order valence-corrected chi connectivity index (χ0v) is 11.7. The minimum absolute atomic E-state index is 0.180. The summed E-state index contributed by atoms with van der Waals surface area (Å²) in [6.07, 6.45) is 0. The maximum Gasteiger partial charge on any atom is 0.339 e. The standard InChI is InChI=1S/C17H14O4/c1-10-3-5-12(6-4-10)21-13-7-8-15-14(9-13)16(17(18)19)11(2)20-15/h3-9H,1-2H3,(H,18,19). The lowest BCUT2D eigenvalue weighted by atomic mass is 10.1. The SMILES string of the molecule is Cc1ccc(Oc2ccc3oc(C)c(C(=O)O)c3c2)cc1. The second kappa shape index (κ2) is 4.98. The Morgan fingerprint density at radius 3 is 2.38 bits per heavy atom. The molecule has 0 spiro atoms. The summed E-state index contributed by atoms with van der Waals surface area (Å²) in [5.74, 6) is 0.676. The number of hydrogen-bond donors (Lipinski definition) is 1. The summed E-state index contributed by atoms with van der Waals surface area (Å²) < 4.78 is 11.2. The van der Waals surface area contributed by atoms with E-state index in [0.29, 0.717) is 28.2 Å². The van der Waals surface area contributed by atoms with Crippen molar-refractivity contribution in [2.24, 2.45) is 0 Å². The summed E-state index contributed by atoms with van der Waals surface area (Å²) in [6, 6.07) is 12.8. The molecule has 0 saturated heterocycles. The van der Waals surface area contributed by atoms with Gasteiger partial charge in [-0.1, -0.05) is 17.7 Å². The monoisotopic (exact) mass is 282 g/mol. The fourth-order valence-corrected chi connectivity index (χ4v) is 2.27. The van der Waals surface area contributed by atoms with Gasteiger partial charge in [-0.05, 0) is 44.2 Å².